The van der Waals surface area contributed by atoms with Gasteiger partial charge < -0.3 is 14.6 Å². The number of carboxylic acids is 1. The van der Waals surface area contributed by atoms with Crippen LogP contribution in [0.1, 0.15) is 42.9 Å². The number of nitrogens with zero attached hydrogens (tertiary/aromatic N) is 3. The number of benzene rings is 1. The van der Waals surface area contributed by atoms with Gasteiger partial charge in [-0.3, -0.25) is 0 Å². The molecule has 114 valence electrons. The molecule has 21 heavy (non-hydrogen) atoms. The Hall–Kier alpha value is -1.88. The van der Waals surface area contributed by atoms with Crippen LogP contribution in [0.3, 0.4) is 0 Å². The predicted octanol–water partition coefficient (Wildman–Crippen LogP) is 2.81. The van der Waals surface area contributed by atoms with Crippen LogP contribution in [0.2, 0.25) is 0 Å². The van der Waals surface area contributed by atoms with E-state index in [-0.39, 0.29) is 5.92 Å². The molecule has 0 atom stereocenters. The zero-order chi connectivity index (χ0) is 15.6. The van der Waals surface area contributed by atoms with E-state index in [1.807, 2.05) is 6.07 Å². The molecular weight excluding hydrogens is 266 g/mol. The summed E-state index contributed by atoms with van der Waals surface area (Å²) in [6.45, 7) is 8.87. The van der Waals surface area contributed by atoms with E-state index >= 15 is 0 Å². The number of likely N-dealkylation sites (N-methyl/N-ethyl adjacent to an activating group) is 1. The van der Waals surface area contributed by atoms with Crippen molar-refractivity contribution in [3.05, 3.63) is 29.6 Å². The monoisotopic (exact) mass is 289 g/mol. The highest BCUT2D eigenvalue weighted by Crippen LogP contribution is 2.25. The average molecular weight is 289 g/mol. The van der Waals surface area contributed by atoms with E-state index in [2.05, 4.69) is 42.3 Å². The molecule has 0 aliphatic rings. The average Bonchev–Trinajstić information content (AvgIpc) is 2.83. The molecule has 5 nitrogen and oxygen atoms in total. The second kappa shape index (κ2) is 6.26. The third-order valence-electron chi connectivity index (χ3n) is 3.79. The van der Waals surface area contributed by atoms with Crippen molar-refractivity contribution in [1.29, 1.82) is 0 Å². The van der Waals surface area contributed by atoms with Gasteiger partial charge in [-0.1, -0.05) is 26.8 Å². The Morgan fingerprint density at radius 3 is 2.71 bits per heavy atom. The standard InChI is InChI=1S/C16H23N3O2/c1-5-18(4)9-10-19-14-12(16(20)21)7-6-8-13(14)17-15(19)11(2)3/h6-8,11H,5,9-10H2,1-4H3,(H,20,21). The Morgan fingerprint density at radius 1 is 1.43 bits per heavy atom. The van der Waals surface area contributed by atoms with Crippen LogP contribution in [0.15, 0.2) is 18.2 Å². The molecule has 0 saturated carbocycles. The Kier molecular flexibility index (Phi) is 4.63. The number of para-hydroxylation sites is 1. The fraction of sp³-hybridized carbons (Fsp3) is 0.500. The second-order valence-corrected chi connectivity index (χ2v) is 5.65. The highest BCUT2D eigenvalue weighted by atomic mass is 16.4. The summed E-state index contributed by atoms with van der Waals surface area (Å²) >= 11 is 0. The molecule has 0 fully saturated rings. The molecule has 2 aromatic rings. The van der Waals surface area contributed by atoms with Crippen LogP contribution in [-0.2, 0) is 6.54 Å². The van der Waals surface area contributed by atoms with Crippen molar-refractivity contribution in [1.82, 2.24) is 14.5 Å². The number of imidazole rings is 1. The summed E-state index contributed by atoms with van der Waals surface area (Å²) in [6.07, 6.45) is 0. The highest BCUT2D eigenvalue weighted by molar-refractivity contribution is 6.01. The largest absolute Gasteiger partial charge is 0.478 e. The van der Waals surface area contributed by atoms with E-state index in [1.54, 1.807) is 12.1 Å². The molecule has 1 N–H and O–H groups in total. The first-order chi connectivity index (χ1) is 9.95. The van der Waals surface area contributed by atoms with Gasteiger partial charge in [-0.25, -0.2) is 9.78 Å². The van der Waals surface area contributed by atoms with E-state index in [1.165, 1.54) is 0 Å². The van der Waals surface area contributed by atoms with Gasteiger partial charge in [-0.05, 0) is 25.7 Å². The van der Waals surface area contributed by atoms with Gasteiger partial charge in [0.05, 0.1) is 16.6 Å². The lowest BCUT2D eigenvalue weighted by atomic mass is 10.2. The lowest BCUT2D eigenvalue weighted by Gasteiger charge is -2.17. The Bertz CT molecular complexity index is 646. The summed E-state index contributed by atoms with van der Waals surface area (Å²) in [4.78, 5) is 18.3. The van der Waals surface area contributed by atoms with Crippen molar-refractivity contribution >= 4 is 17.0 Å². The number of aromatic nitrogens is 2. The van der Waals surface area contributed by atoms with Crippen molar-refractivity contribution in [2.24, 2.45) is 0 Å². The van der Waals surface area contributed by atoms with E-state index in [0.717, 1.165) is 36.5 Å². The SMILES string of the molecule is CCN(C)CCn1c(C(C)C)nc2cccc(C(=O)O)c21. The number of hydrogen-bond acceptors (Lipinski definition) is 3. The lowest BCUT2D eigenvalue weighted by molar-refractivity contribution is 0.0698. The fourth-order valence-corrected chi connectivity index (χ4v) is 2.47. The molecule has 1 heterocycles. The number of hydrogen-bond donors (Lipinski definition) is 1. The van der Waals surface area contributed by atoms with Crippen molar-refractivity contribution in [3.8, 4) is 0 Å². The quantitative estimate of drug-likeness (QED) is 0.888. The maximum absolute atomic E-state index is 11.5. The van der Waals surface area contributed by atoms with E-state index < -0.39 is 5.97 Å². The van der Waals surface area contributed by atoms with Crippen LogP contribution in [0, 0.1) is 0 Å². The van der Waals surface area contributed by atoms with Crippen LogP contribution in [0.25, 0.3) is 11.0 Å². The van der Waals surface area contributed by atoms with Crippen LogP contribution < -0.4 is 0 Å². The first-order valence-electron chi connectivity index (χ1n) is 7.36. The zero-order valence-corrected chi connectivity index (χ0v) is 13.1. The number of fused-ring (bicyclic) bond motifs is 1. The number of carbonyl (C=O) groups is 1. The third kappa shape index (κ3) is 3.08. The molecule has 5 heteroatoms. The van der Waals surface area contributed by atoms with Gasteiger partial charge in [0.1, 0.15) is 5.82 Å². The van der Waals surface area contributed by atoms with Crippen LogP contribution >= 0.6 is 0 Å². The first kappa shape index (κ1) is 15.5. The maximum Gasteiger partial charge on any atom is 0.337 e. The van der Waals surface area contributed by atoms with Crippen molar-refractivity contribution in [2.45, 2.75) is 33.2 Å². The van der Waals surface area contributed by atoms with Crippen LogP contribution in [-0.4, -0.2) is 45.7 Å². The molecule has 0 amide bonds. The molecule has 0 bridgehead atoms. The molecule has 0 aliphatic heterocycles. The molecule has 2 rings (SSSR count). The van der Waals surface area contributed by atoms with Gasteiger partial charge in [0.2, 0.25) is 0 Å². The Morgan fingerprint density at radius 2 is 2.14 bits per heavy atom. The first-order valence-corrected chi connectivity index (χ1v) is 7.36. The normalized spacial score (nSPS) is 11.7. The molecule has 0 aliphatic carbocycles. The molecule has 0 spiro atoms. The van der Waals surface area contributed by atoms with Crippen LogP contribution in [0.5, 0.6) is 0 Å². The number of aromatic carboxylic acids is 1. The van der Waals surface area contributed by atoms with E-state index in [0.29, 0.717) is 5.56 Å². The molecule has 0 unspecified atom stereocenters. The number of carboxylic acid groups (broad SMARTS) is 1. The number of rotatable bonds is 6. The van der Waals surface area contributed by atoms with Gasteiger partial charge in [0, 0.05) is 19.0 Å². The molecule has 1 aromatic heterocycles. The van der Waals surface area contributed by atoms with Gasteiger partial charge in [0.15, 0.2) is 0 Å². The smallest absolute Gasteiger partial charge is 0.337 e. The zero-order valence-electron chi connectivity index (χ0n) is 13.1. The van der Waals surface area contributed by atoms with Crippen molar-refractivity contribution in [2.75, 3.05) is 20.1 Å². The predicted molar refractivity (Wildman–Crippen MR) is 84.0 cm³/mol. The highest BCUT2D eigenvalue weighted by Gasteiger charge is 2.19. The summed E-state index contributed by atoms with van der Waals surface area (Å²) in [5.74, 6) is 0.301. The van der Waals surface area contributed by atoms with Gasteiger partial charge >= 0.3 is 5.97 Å². The maximum atomic E-state index is 11.5. The summed E-state index contributed by atoms with van der Waals surface area (Å²) in [6, 6.07) is 5.29. The minimum atomic E-state index is -0.902. The topological polar surface area (TPSA) is 58.4 Å². The minimum absolute atomic E-state index is 0.256. The van der Waals surface area contributed by atoms with E-state index in [4.69, 9.17) is 0 Å². The molecular formula is C16H23N3O2. The molecule has 1 aromatic carbocycles. The van der Waals surface area contributed by atoms with Crippen molar-refractivity contribution in [3.63, 3.8) is 0 Å². The van der Waals surface area contributed by atoms with E-state index in [9.17, 15) is 9.90 Å². The molecule has 0 radical (unpaired) electrons. The second-order valence-electron chi connectivity index (χ2n) is 5.65. The van der Waals surface area contributed by atoms with Gasteiger partial charge in [-0.2, -0.15) is 0 Å². The summed E-state index contributed by atoms with van der Waals surface area (Å²) in [5, 5.41) is 9.43. The van der Waals surface area contributed by atoms with Gasteiger partial charge in [0.25, 0.3) is 0 Å². The molecule has 0 saturated heterocycles. The lowest BCUT2D eigenvalue weighted by Crippen LogP contribution is -2.24. The summed E-state index contributed by atoms with van der Waals surface area (Å²) in [5.41, 5.74) is 1.82. The minimum Gasteiger partial charge on any atom is -0.478 e. The third-order valence-corrected chi connectivity index (χ3v) is 3.79. The summed E-state index contributed by atoms with van der Waals surface area (Å²) < 4.78 is 2.07. The van der Waals surface area contributed by atoms with Gasteiger partial charge in [-0.15, -0.1) is 0 Å². The van der Waals surface area contributed by atoms with Crippen LogP contribution in [0.4, 0.5) is 0 Å². The fourth-order valence-electron chi connectivity index (χ4n) is 2.47. The summed E-state index contributed by atoms with van der Waals surface area (Å²) in [7, 11) is 2.06. The Labute approximate surface area is 125 Å². The Balaban J connectivity index is 2.57. The van der Waals surface area contributed by atoms with Crippen molar-refractivity contribution < 1.29 is 9.90 Å².